The third kappa shape index (κ3) is 7.46. The van der Waals surface area contributed by atoms with Gasteiger partial charge >= 0.3 is 0 Å². The third-order valence-electron chi connectivity index (χ3n) is 3.88. The van der Waals surface area contributed by atoms with Crippen LogP contribution in [-0.4, -0.2) is 42.8 Å². The van der Waals surface area contributed by atoms with Gasteiger partial charge in [-0.2, -0.15) is 0 Å². The molecule has 2 aromatic rings. The molecular weight excluding hydrogens is 402 g/mol. The number of ether oxygens (including phenoxy) is 2. The Bertz CT molecular complexity index is 869. The van der Waals surface area contributed by atoms with Gasteiger partial charge in [0.05, 0.1) is 17.9 Å². The molecule has 0 atom stereocenters. The molecule has 2 rings (SSSR count). The van der Waals surface area contributed by atoms with Crippen LogP contribution in [0.1, 0.15) is 41.5 Å². The molecule has 0 saturated heterocycles. The minimum Gasteiger partial charge on any atom is -0.491 e. The molecule has 0 unspecified atom stereocenters. The summed E-state index contributed by atoms with van der Waals surface area (Å²) in [6.07, 6.45) is 0. The summed E-state index contributed by atoms with van der Waals surface area (Å²) in [6.45, 7) is 7.28. The first-order valence-corrected chi connectivity index (χ1v) is 10.1. The molecule has 2 amide bonds. The molecule has 2 aromatic carbocycles. The molecular formula is C22H27N3O4S. The standard InChI is InChI=1S/C22H27N3O4S/c1-4-28-13-14-29-17-11-9-16(10-12-17)20(26)25-22(30)24-19-8-6-5-7-18(19)21(27)23-15(2)3/h5-12,15H,4,13-14H2,1-3H3,(H,23,27)(H2,24,25,26,30). The van der Waals surface area contributed by atoms with Gasteiger partial charge in [-0.15, -0.1) is 0 Å². The van der Waals surface area contributed by atoms with E-state index in [0.29, 0.717) is 42.4 Å². The van der Waals surface area contributed by atoms with Gasteiger partial charge in [0.15, 0.2) is 5.11 Å². The first kappa shape index (κ1) is 23.3. The normalized spacial score (nSPS) is 10.4. The van der Waals surface area contributed by atoms with Crippen LogP contribution in [0.5, 0.6) is 5.75 Å². The number of thiocarbonyl (C=S) groups is 1. The quantitative estimate of drug-likeness (QED) is 0.418. The van der Waals surface area contributed by atoms with Gasteiger partial charge in [-0.1, -0.05) is 12.1 Å². The van der Waals surface area contributed by atoms with Crippen LogP contribution < -0.4 is 20.7 Å². The van der Waals surface area contributed by atoms with Crippen LogP contribution >= 0.6 is 12.2 Å². The van der Waals surface area contributed by atoms with Crippen LogP contribution in [0, 0.1) is 0 Å². The van der Waals surface area contributed by atoms with Crippen molar-refractivity contribution in [1.29, 1.82) is 0 Å². The van der Waals surface area contributed by atoms with Crippen molar-refractivity contribution in [1.82, 2.24) is 10.6 Å². The first-order valence-electron chi connectivity index (χ1n) is 9.73. The summed E-state index contributed by atoms with van der Waals surface area (Å²) in [6, 6.07) is 13.7. The fraction of sp³-hybridized carbons (Fsp3) is 0.318. The number of anilines is 1. The Balaban J connectivity index is 1.94. The Morgan fingerprint density at radius 3 is 2.37 bits per heavy atom. The summed E-state index contributed by atoms with van der Waals surface area (Å²) in [5.74, 6) is 0.0664. The molecule has 0 fully saturated rings. The number of hydrogen-bond donors (Lipinski definition) is 3. The Labute approximate surface area is 182 Å². The minimum atomic E-state index is -0.363. The highest BCUT2D eigenvalue weighted by atomic mass is 32.1. The van der Waals surface area contributed by atoms with E-state index in [-0.39, 0.29) is 23.0 Å². The zero-order valence-electron chi connectivity index (χ0n) is 17.4. The Hall–Kier alpha value is -2.97. The molecule has 0 bridgehead atoms. The highest BCUT2D eigenvalue weighted by Crippen LogP contribution is 2.16. The van der Waals surface area contributed by atoms with Crippen LogP contribution in [0.4, 0.5) is 5.69 Å². The number of amides is 2. The molecule has 0 heterocycles. The van der Waals surface area contributed by atoms with Crippen molar-refractivity contribution in [2.45, 2.75) is 26.8 Å². The molecule has 0 spiro atoms. The Morgan fingerprint density at radius 1 is 1.00 bits per heavy atom. The monoisotopic (exact) mass is 429 g/mol. The number of rotatable bonds is 9. The second-order valence-electron chi connectivity index (χ2n) is 6.65. The lowest BCUT2D eigenvalue weighted by Crippen LogP contribution is -2.35. The van der Waals surface area contributed by atoms with Crippen molar-refractivity contribution < 1.29 is 19.1 Å². The van der Waals surface area contributed by atoms with Crippen molar-refractivity contribution in [3.63, 3.8) is 0 Å². The van der Waals surface area contributed by atoms with Crippen molar-refractivity contribution in [3.05, 3.63) is 59.7 Å². The van der Waals surface area contributed by atoms with Crippen molar-refractivity contribution in [2.24, 2.45) is 0 Å². The van der Waals surface area contributed by atoms with Crippen LogP contribution in [0.2, 0.25) is 0 Å². The molecule has 30 heavy (non-hydrogen) atoms. The van der Waals surface area contributed by atoms with Gasteiger partial charge in [-0.25, -0.2) is 0 Å². The summed E-state index contributed by atoms with van der Waals surface area (Å²) in [5.41, 5.74) is 1.39. The fourth-order valence-corrected chi connectivity index (χ4v) is 2.73. The zero-order valence-corrected chi connectivity index (χ0v) is 18.2. The van der Waals surface area contributed by atoms with E-state index in [4.69, 9.17) is 21.7 Å². The van der Waals surface area contributed by atoms with E-state index in [0.717, 1.165) is 0 Å². The lowest BCUT2D eigenvalue weighted by Gasteiger charge is -2.15. The number of benzene rings is 2. The minimum absolute atomic E-state index is 0.00309. The lowest BCUT2D eigenvalue weighted by atomic mass is 10.1. The SMILES string of the molecule is CCOCCOc1ccc(C(=O)NC(=S)Nc2ccccc2C(=O)NC(C)C)cc1. The Morgan fingerprint density at radius 2 is 1.70 bits per heavy atom. The summed E-state index contributed by atoms with van der Waals surface area (Å²) in [7, 11) is 0. The van der Waals surface area contributed by atoms with Gasteiger partial charge in [0.2, 0.25) is 0 Å². The van der Waals surface area contributed by atoms with Gasteiger partial charge in [0.1, 0.15) is 12.4 Å². The number of para-hydroxylation sites is 1. The van der Waals surface area contributed by atoms with E-state index in [9.17, 15) is 9.59 Å². The van der Waals surface area contributed by atoms with Crippen LogP contribution in [0.3, 0.4) is 0 Å². The molecule has 8 heteroatoms. The van der Waals surface area contributed by atoms with Crippen LogP contribution in [0.25, 0.3) is 0 Å². The van der Waals surface area contributed by atoms with Crippen LogP contribution in [0.15, 0.2) is 48.5 Å². The second kappa shape index (κ2) is 11.9. The molecule has 7 nitrogen and oxygen atoms in total. The smallest absolute Gasteiger partial charge is 0.257 e. The van der Waals surface area contributed by atoms with E-state index in [1.807, 2.05) is 20.8 Å². The molecule has 0 aromatic heterocycles. The maximum absolute atomic E-state index is 12.4. The first-order chi connectivity index (χ1) is 14.4. The van der Waals surface area contributed by atoms with Crippen molar-refractivity contribution in [3.8, 4) is 5.75 Å². The van der Waals surface area contributed by atoms with Gasteiger partial charge in [0, 0.05) is 18.2 Å². The third-order valence-corrected chi connectivity index (χ3v) is 4.09. The molecule has 0 aliphatic rings. The van der Waals surface area contributed by atoms with Crippen molar-refractivity contribution >= 4 is 34.8 Å². The molecule has 0 saturated carbocycles. The van der Waals surface area contributed by atoms with Gasteiger partial charge in [0.25, 0.3) is 11.8 Å². The molecule has 160 valence electrons. The summed E-state index contributed by atoms with van der Waals surface area (Å²) in [5, 5.41) is 8.47. The van der Waals surface area contributed by atoms with E-state index >= 15 is 0 Å². The summed E-state index contributed by atoms with van der Waals surface area (Å²) in [4.78, 5) is 24.8. The summed E-state index contributed by atoms with van der Waals surface area (Å²) < 4.78 is 10.7. The molecule has 3 N–H and O–H groups in total. The Kier molecular flexibility index (Phi) is 9.24. The second-order valence-corrected chi connectivity index (χ2v) is 7.06. The average molecular weight is 430 g/mol. The number of carbonyl (C=O) groups excluding carboxylic acids is 2. The highest BCUT2D eigenvalue weighted by molar-refractivity contribution is 7.80. The predicted octanol–water partition coefficient (Wildman–Crippen LogP) is 3.37. The number of carbonyl (C=O) groups is 2. The maximum atomic E-state index is 12.4. The van der Waals surface area contributed by atoms with Gasteiger partial charge in [-0.3, -0.25) is 14.9 Å². The molecule has 0 aliphatic carbocycles. The van der Waals surface area contributed by atoms with Crippen LogP contribution in [-0.2, 0) is 4.74 Å². The zero-order chi connectivity index (χ0) is 21.9. The predicted molar refractivity (Wildman–Crippen MR) is 121 cm³/mol. The number of hydrogen-bond acceptors (Lipinski definition) is 5. The lowest BCUT2D eigenvalue weighted by molar-refractivity contribution is 0.0942. The number of nitrogens with one attached hydrogen (secondary N) is 3. The van der Waals surface area contributed by atoms with Gasteiger partial charge in [-0.05, 0) is 69.4 Å². The van der Waals surface area contributed by atoms with Gasteiger partial charge < -0.3 is 20.1 Å². The van der Waals surface area contributed by atoms with E-state index in [1.165, 1.54) is 0 Å². The van der Waals surface area contributed by atoms with E-state index < -0.39 is 0 Å². The molecule has 0 radical (unpaired) electrons. The topological polar surface area (TPSA) is 88.7 Å². The highest BCUT2D eigenvalue weighted by Gasteiger charge is 2.14. The van der Waals surface area contributed by atoms with Crippen molar-refractivity contribution in [2.75, 3.05) is 25.1 Å². The fourth-order valence-electron chi connectivity index (χ4n) is 2.52. The van der Waals surface area contributed by atoms with E-state index in [2.05, 4.69) is 16.0 Å². The summed E-state index contributed by atoms with van der Waals surface area (Å²) >= 11 is 5.24. The van der Waals surface area contributed by atoms with E-state index in [1.54, 1.807) is 48.5 Å². The largest absolute Gasteiger partial charge is 0.491 e. The average Bonchev–Trinajstić information content (AvgIpc) is 2.71. The maximum Gasteiger partial charge on any atom is 0.257 e. The molecule has 0 aliphatic heterocycles.